The van der Waals surface area contributed by atoms with Crippen molar-refractivity contribution in [3.8, 4) is 0 Å². The fourth-order valence-electron chi connectivity index (χ4n) is 2.35. The molecule has 0 rings (SSSR count). The molecular formula is C18H37NO2. The first-order chi connectivity index (χ1) is 9.95. The van der Waals surface area contributed by atoms with Crippen LogP contribution in [0, 0.1) is 5.92 Å². The number of hydrogen-bond acceptors (Lipinski definition) is 3. The van der Waals surface area contributed by atoms with Crippen molar-refractivity contribution in [2.24, 2.45) is 5.92 Å². The van der Waals surface area contributed by atoms with Crippen LogP contribution in [-0.4, -0.2) is 37.6 Å². The van der Waals surface area contributed by atoms with Gasteiger partial charge in [-0.25, -0.2) is 0 Å². The Bertz CT molecular complexity index is 252. The first-order valence-corrected chi connectivity index (χ1v) is 8.79. The Morgan fingerprint density at radius 3 is 2.29 bits per heavy atom. The van der Waals surface area contributed by atoms with Crippen LogP contribution < -0.4 is 0 Å². The van der Waals surface area contributed by atoms with E-state index in [2.05, 4.69) is 39.8 Å². The first kappa shape index (κ1) is 20.4. The van der Waals surface area contributed by atoms with Crippen LogP contribution in [0.3, 0.4) is 0 Å². The maximum atomic E-state index is 11.9. The van der Waals surface area contributed by atoms with Crippen molar-refractivity contribution < 1.29 is 9.53 Å². The van der Waals surface area contributed by atoms with Crippen LogP contribution in [0.25, 0.3) is 0 Å². The van der Waals surface area contributed by atoms with Gasteiger partial charge in [-0.05, 0) is 65.1 Å². The van der Waals surface area contributed by atoms with Crippen LogP contribution in [0.5, 0.6) is 0 Å². The number of ether oxygens (including phenoxy) is 1. The molecule has 3 heteroatoms. The quantitative estimate of drug-likeness (QED) is 0.366. The lowest BCUT2D eigenvalue weighted by Gasteiger charge is -2.19. The highest BCUT2D eigenvalue weighted by Crippen LogP contribution is 2.16. The summed E-state index contributed by atoms with van der Waals surface area (Å²) in [5.41, 5.74) is 0. The highest BCUT2D eigenvalue weighted by molar-refractivity contribution is 5.69. The van der Waals surface area contributed by atoms with Crippen molar-refractivity contribution in [2.75, 3.05) is 20.6 Å². The molecule has 0 fully saturated rings. The minimum absolute atomic E-state index is 0.000916. The zero-order valence-corrected chi connectivity index (χ0v) is 15.0. The van der Waals surface area contributed by atoms with Gasteiger partial charge in [-0.1, -0.05) is 33.6 Å². The molecule has 0 aromatic heterocycles. The lowest BCUT2D eigenvalue weighted by atomic mass is 10.0. The highest BCUT2D eigenvalue weighted by atomic mass is 16.5. The molecule has 0 saturated heterocycles. The summed E-state index contributed by atoms with van der Waals surface area (Å²) in [5, 5.41) is 0. The Morgan fingerprint density at radius 2 is 1.71 bits per heavy atom. The van der Waals surface area contributed by atoms with Gasteiger partial charge in [0.25, 0.3) is 0 Å². The monoisotopic (exact) mass is 299 g/mol. The smallest absolute Gasteiger partial charge is 0.306 e. The molecule has 0 aliphatic carbocycles. The maximum absolute atomic E-state index is 11.9. The van der Waals surface area contributed by atoms with E-state index in [-0.39, 0.29) is 12.1 Å². The van der Waals surface area contributed by atoms with Crippen LogP contribution in [0.2, 0.25) is 0 Å². The van der Waals surface area contributed by atoms with Gasteiger partial charge in [0, 0.05) is 6.42 Å². The number of esters is 1. The number of hydrogen-bond donors (Lipinski definition) is 0. The standard InChI is InChI=1S/C18H37NO2/c1-6-7-8-11-17(14-13-16(2)3)21-18(20)12-9-10-15-19(4)5/h16-17H,6-15H2,1-5H3. The molecule has 0 aliphatic heterocycles. The van der Waals surface area contributed by atoms with Crippen molar-refractivity contribution in [3.05, 3.63) is 0 Å². The largest absolute Gasteiger partial charge is 0.462 e. The van der Waals surface area contributed by atoms with Crippen molar-refractivity contribution in [1.29, 1.82) is 0 Å². The number of nitrogens with zero attached hydrogens (tertiary/aromatic N) is 1. The van der Waals surface area contributed by atoms with E-state index in [0.29, 0.717) is 12.3 Å². The molecule has 0 saturated carbocycles. The minimum atomic E-state index is -0.000916. The van der Waals surface area contributed by atoms with E-state index in [4.69, 9.17) is 4.74 Å². The Hall–Kier alpha value is -0.570. The summed E-state index contributed by atoms with van der Waals surface area (Å²) < 4.78 is 5.70. The third-order valence-corrected chi connectivity index (χ3v) is 3.73. The SMILES string of the molecule is CCCCCC(CCC(C)C)OC(=O)CCCCN(C)C. The lowest BCUT2D eigenvalue weighted by molar-refractivity contribution is -0.150. The second-order valence-electron chi connectivity index (χ2n) is 6.84. The summed E-state index contributed by atoms with van der Waals surface area (Å²) in [4.78, 5) is 14.1. The second-order valence-corrected chi connectivity index (χ2v) is 6.84. The summed E-state index contributed by atoms with van der Waals surface area (Å²) in [6, 6.07) is 0. The predicted molar refractivity (Wildman–Crippen MR) is 90.5 cm³/mol. The molecule has 0 spiro atoms. The molecule has 126 valence electrons. The van der Waals surface area contributed by atoms with Crippen molar-refractivity contribution in [3.63, 3.8) is 0 Å². The molecule has 0 N–H and O–H groups in total. The van der Waals surface area contributed by atoms with E-state index in [1.807, 2.05) is 0 Å². The molecule has 0 aromatic carbocycles. The van der Waals surface area contributed by atoms with Gasteiger partial charge in [-0.15, -0.1) is 0 Å². The molecule has 0 aliphatic rings. The predicted octanol–water partition coefficient (Wildman–Crippen LogP) is 4.65. The highest BCUT2D eigenvalue weighted by Gasteiger charge is 2.14. The number of unbranched alkanes of at least 4 members (excludes halogenated alkanes) is 3. The number of carbonyl (C=O) groups excluding carboxylic acids is 1. The van der Waals surface area contributed by atoms with E-state index in [1.54, 1.807) is 0 Å². The summed E-state index contributed by atoms with van der Waals surface area (Å²) in [6.45, 7) is 7.71. The molecule has 3 nitrogen and oxygen atoms in total. The normalized spacial score (nSPS) is 12.9. The molecule has 0 bridgehead atoms. The van der Waals surface area contributed by atoms with Crippen molar-refractivity contribution >= 4 is 5.97 Å². The molecule has 0 heterocycles. The molecule has 1 unspecified atom stereocenters. The van der Waals surface area contributed by atoms with Gasteiger partial charge < -0.3 is 9.64 Å². The average Bonchev–Trinajstić information content (AvgIpc) is 2.40. The van der Waals surface area contributed by atoms with Gasteiger partial charge in [-0.2, -0.15) is 0 Å². The van der Waals surface area contributed by atoms with Crippen LogP contribution in [-0.2, 0) is 9.53 Å². The Morgan fingerprint density at radius 1 is 1.00 bits per heavy atom. The number of carbonyl (C=O) groups is 1. The van der Waals surface area contributed by atoms with Gasteiger partial charge in [0.2, 0.25) is 0 Å². The Labute approximate surface area is 132 Å². The average molecular weight is 299 g/mol. The minimum Gasteiger partial charge on any atom is -0.462 e. The fraction of sp³-hybridized carbons (Fsp3) is 0.944. The van der Waals surface area contributed by atoms with E-state index in [9.17, 15) is 4.79 Å². The zero-order chi connectivity index (χ0) is 16.1. The Balaban J connectivity index is 3.96. The van der Waals surface area contributed by atoms with Gasteiger partial charge >= 0.3 is 5.97 Å². The molecular weight excluding hydrogens is 262 g/mol. The maximum Gasteiger partial charge on any atom is 0.306 e. The van der Waals surface area contributed by atoms with Crippen LogP contribution in [0.4, 0.5) is 0 Å². The third-order valence-electron chi connectivity index (χ3n) is 3.73. The number of rotatable bonds is 13. The Kier molecular flexibility index (Phi) is 12.8. The van der Waals surface area contributed by atoms with Crippen LogP contribution in [0.15, 0.2) is 0 Å². The van der Waals surface area contributed by atoms with E-state index in [0.717, 1.165) is 38.6 Å². The summed E-state index contributed by atoms with van der Waals surface area (Å²) in [7, 11) is 4.13. The molecule has 1 atom stereocenters. The molecule has 21 heavy (non-hydrogen) atoms. The summed E-state index contributed by atoms with van der Waals surface area (Å²) >= 11 is 0. The third kappa shape index (κ3) is 14.1. The van der Waals surface area contributed by atoms with E-state index >= 15 is 0 Å². The van der Waals surface area contributed by atoms with E-state index < -0.39 is 0 Å². The van der Waals surface area contributed by atoms with Gasteiger partial charge in [0.1, 0.15) is 6.10 Å². The van der Waals surface area contributed by atoms with Gasteiger partial charge in [0.05, 0.1) is 0 Å². The summed E-state index contributed by atoms with van der Waals surface area (Å²) in [6.07, 6.45) is 9.53. The molecule has 0 amide bonds. The topological polar surface area (TPSA) is 29.5 Å². The summed E-state index contributed by atoms with van der Waals surface area (Å²) in [5.74, 6) is 0.677. The van der Waals surface area contributed by atoms with Crippen LogP contribution in [0.1, 0.15) is 78.6 Å². The molecule has 0 aromatic rings. The van der Waals surface area contributed by atoms with Crippen LogP contribution >= 0.6 is 0 Å². The van der Waals surface area contributed by atoms with Gasteiger partial charge in [-0.3, -0.25) is 4.79 Å². The fourth-order valence-corrected chi connectivity index (χ4v) is 2.35. The second kappa shape index (κ2) is 13.1. The van der Waals surface area contributed by atoms with Gasteiger partial charge in [0.15, 0.2) is 0 Å². The first-order valence-electron chi connectivity index (χ1n) is 8.79. The van der Waals surface area contributed by atoms with Crippen molar-refractivity contribution in [1.82, 2.24) is 4.90 Å². The van der Waals surface area contributed by atoms with E-state index in [1.165, 1.54) is 19.3 Å². The molecule has 0 radical (unpaired) electrons. The lowest BCUT2D eigenvalue weighted by Crippen LogP contribution is -2.19. The van der Waals surface area contributed by atoms with Crippen molar-refractivity contribution in [2.45, 2.75) is 84.7 Å². The zero-order valence-electron chi connectivity index (χ0n) is 15.0.